The van der Waals surface area contributed by atoms with E-state index in [-0.39, 0.29) is 6.03 Å². The van der Waals surface area contributed by atoms with Gasteiger partial charge in [0.05, 0.1) is 6.54 Å². The first-order chi connectivity index (χ1) is 13.2. The Morgan fingerprint density at radius 1 is 1.11 bits per heavy atom. The van der Waals surface area contributed by atoms with Gasteiger partial charge in [0.15, 0.2) is 17.3 Å². The molecule has 1 saturated carbocycles. The molecular formula is C19H23N5O3. The van der Waals surface area contributed by atoms with Crippen LogP contribution >= 0.6 is 0 Å². The number of rotatable bonds is 3. The van der Waals surface area contributed by atoms with Crippen LogP contribution in [0.1, 0.15) is 50.2 Å². The van der Waals surface area contributed by atoms with Crippen LogP contribution in [0.3, 0.4) is 0 Å². The number of carbonyl (C=O) groups is 1. The van der Waals surface area contributed by atoms with Crippen LogP contribution in [0.15, 0.2) is 18.2 Å². The number of urea groups is 1. The molecule has 0 bridgehead atoms. The average molecular weight is 369 g/mol. The minimum atomic E-state index is -0.504. The van der Waals surface area contributed by atoms with Crippen LogP contribution in [0.4, 0.5) is 10.5 Å². The Labute approximate surface area is 157 Å². The Balaban J connectivity index is 1.20. The molecule has 0 saturated heterocycles. The van der Waals surface area contributed by atoms with Crippen molar-refractivity contribution < 1.29 is 14.3 Å². The van der Waals surface area contributed by atoms with Gasteiger partial charge in [-0.3, -0.25) is 0 Å². The maximum absolute atomic E-state index is 12.3. The SMILES string of the molecule is O=C(NCc1nnc2n1CCC2)Nc1ccc2c(c1)OC1(CCCCC1)O2. The molecule has 1 spiro atoms. The highest BCUT2D eigenvalue weighted by Gasteiger charge is 2.42. The van der Waals surface area contributed by atoms with E-state index in [1.54, 1.807) is 0 Å². The van der Waals surface area contributed by atoms with Crippen LogP contribution in [-0.2, 0) is 19.5 Å². The summed E-state index contributed by atoms with van der Waals surface area (Å²) in [5.41, 5.74) is 0.675. The maximum atomic E-state index is 12.3. The topological polar surface area (TPSA) is 90.3 Å². The molecule has 142 valence electrons. The second kappa shape index (κ2) is 6.44. The summed E-state index contributed by atoms with van der Waals surface area (Å²) in [6.45, 7) is 1.28. The van der Waals surface area contributed by atoms with Gasteiger partial charge in [-0.1, -0.05) is 6.42 Å². The number of nitrogens with one attached hydrogen (secondary N) is 2. The predicted molar refractivity (Wildman–Crippen MR) is 97.7 cm³/mol. The molecule has 0 atom stereocenters. The van der Waals surface area contributed by atoms with Gasteiger partial charge in [0.25, 0.3) is 5.79 Å². The molecule has 1 aliphatic carbocycles. The van der Waals surface area contributed by atoms with Crippen LogP contribution in [0.5, 0.6) is 11.5 Å². The number of carbonyl (C=O) groups excluding carboxylic acids is 1. The van der Waals surface area contributed by atoms with E-state index in [1.807, 2.05) is 18.2 Å². The number of anilines is 1. The van der Waals surface area contributed by atoms with Gasteiger partial charge < -0.3 is 24.7 Å². The fraction of sp³-hybridized carbons (Fsp3) is 0.526. The summed E-state index contributed by atoms with van der Waals surface area (Å²) in [6, 6.07) is 5.24. The van der Waals surface area contributed by atoms with Crippen molar-refractivity contribution >= 4 is 11.7 Å². The zero-order chi connectivity index (χ0) is 18.3. The third kappa shape index (κ3) is 3.09. The van der Waals surface area contributed by atoms with Crippen LogP contribution < -0.4 is 20.1 Å². The van der Waals surface area contributed by atoms with Gasteiger partial charge in [0, 0.05) is 37.6 Å². The van der Waals surface area contributed by atoms with E-state index >= 15 is 0 Å². The number of aryl methyl sites for hydroxylation is 1. The lowest BCUT2D eigenvalue weighted by atomic mass is 9.94. The second-order valence-electron chi connectivity index (χ2n) is 7.43. The van der Waals surface area contributed by atoms with Crippen molar-refractivity contribution in [3.8, 4) is 11.5 Å². The number of nitrogens with zero attached hydrogens (tertiary/aromatic N) is 3. The van der Waals surface area contributed by atoms with Crippen molar-refractivity contribution in [1.29, 1.82) is 0 Å². The smallest absolute Gasteiger partial charge is 0.319 e. The molecular weight excluding hydrogens is 346 g/mol. The van der Waals surface area contributed by atoms with Crippen molar-refractivity contribution in [3.05, 3.63) is 29.8 Å². The first-order valence-electron chi connectivity index (χ1n) is 9.69. The Bertz CT molecular complexity index is 872. The third-order valence-electron chi connectivity index (χ3n) is 5.50. The summed E-state index contributed by atoms with van der Waals surface area (Å²) < 4.78 is 14.3. The molecule has 2 N–H and O–H groups in total. The van der Waals surface area contributed by atoms with Crippen molar-refractivity contribution in [3.63, 3.8) is 0 Å². The molecule has 1 aromatic carbocycles. The van der Waals surface area contributed by atoms with E-state index < -0.39 is 5.79 Å². The molecule has 8 heteroatoms. The number of amides is 2. The van der Waals surface area contributed by atoms with E-state index in [4.69, 9.17) is 9.47 Å². The van der Waals surface area contributed by atoms with Gasteiger partial charge in [-0.2, -0.15) is 0 Å². The fourth-order valence-electron chi connectivity index (χ4n) is 4.14. The molecule has 2 aromatic rings. The lowest BCUT2D eigenvalue weighted by Gasteiger charge is -2.31. The van der Waals surface area contributed by atoms with Gasteiger partial charge in [0.1, 0.15) is 5.82 Å². The number of hydrogen-bond acceptors (Lipinski definition) is 5. The van der Waals surface area contributed by atoms with Gasteiger partial charge >= 0.3 is 6.03 Å². The highest BCUT2D eigenvalue weighted by molar-refractivity contribution is 5.89. The Morgan fingerprint density at radius 3 is 2.85 bits per heavy atom. The van der Waals surface area contributed by atoms with Crippen molar-refractivity contribution in [2.45, 2.75) is 63.8 Å². The molecule has 1 fully saturated rings. The number of benzene rings is 1. The van der Waals surface area contributed by atoms with Crippen LogP contribution in [-0.4, -0.2) is 26.6 Å². The van der Waals surface area contributed by atoms with Gasteiger partial charge in [-0.05, 0) is 31.4 Å². The zero-order valence-electron chi connectivity index (χ0n) is 15.2. The molecule has 1 aromatic heterocycles. The summed E-state index contributed by atoms with van der Waals surface area (Å²) in [5.74, 6) is 2.74. The summed E-state index contributed by atoms with van der Waals surface area (Å²) in [6.07, 6.45) is 7.33. The fourth-order valence-corrected chi connectivity index (χ4v) is 4.14. The lowest BCUT2D eigenvalue weighted by Crippen LogP contribution is -2.40. The van der Waals surface area contributed by atoms with Crippen LogP contribution in [0, 0.1) is 0 Å². The predicted octanol–water partition coefficient (Wildman–Crippen LogP) is 2.98. The Kier molecular flexibility index (Phi) is 3.91. The second-order valence-corrected chi connectivity index (χ2v) is 7.43. The quantitative estimate of drug-likeness (QED) is 0.868. The van der Waals surface area contributed by atoms with Crippen molar-refractivity contribution in [1.82, 2.24) is 20.1 Å². The number of fused-ring (bicyclic) bond motifs is 2. The van der Waals surface area contributed by atoms with Crippen molar-refractivity contribution in [2.24, 2.45) is 0 Å². The molecule has 3 heterocycles. The first-order valence-corrected chi connectivity index (χ1v) is 9.69. The van der Waals surface area contributed by atoms with Gasteiger partial charge in [-0.15, -0.1) is 10.2 Å². The maximum Gasteiger partial charge on any atom is 0.319 e. The van der Waals surface area contributed by atoms with E-state index in [0.717, 1.165) is 62.5 Å². The minimum absolute atomic E-state index is 0.281. The zero-order valence-corrected chi connectivity index (χ0v) is 15.2. The van der Waals surface area contributed by atoms with Gasteiger partial charge in [0.2, 0.25) is 0 Å². The summed E-state index contributed by atoms with van der Waals surface area (Å²) in [7, 11) is 0. The van der Waals surface area contributed by atoms with E-state index in [1.165, 1.54) is 6.42 Å². The lowest BCUT2D eigenvalue weighted by molar-refractivity contribution is -0.105. The van der Waals surface area contributed by atoms with Crippen LogP contribution in [0.25, 0.3) is 0 Å². The van der Waals surface area contributed by atoms with E-state index in [0.29, 0.717) is 18.0 Å². The molecule has 2 amide bonds. The molecule has 5 rings (SSSR count). The first kappa shape index (κ1) is 16.4. The van der Waals surface area contributed by atoms with Crippen molar-refractivity contribution in [2.75, 3.05) is 5.32 Å². The highest BCUT2D eigenvalue weighted by Crippen LogP contribution is 2.46. The number of aromatic nitrogens is 3. The minimum Gasteiger partial charge on any atom is -0.448 e. The average Bonchev–Trinajstić information content (AvgIpc) is 3.35. The summed E-state index contributed by atoms with van der Waals surface area (Å²) >= 11 is 0. The molecule has 0 unspecified atom stereocenters. The molecule has 27 heavy (non-hydrogen) atoms. The molecule has 3 aliphatic rings. The molecule has 8 nitrogen and oxygen atoms in total. The summed E-state index contributed by atoms with van der Waals surface area (Å²) in [5, 5.41) is 14.0. The van der Waals surface area contributed by atoms with E-state index in [2.05, 4.69) is 25.4 Å². The van der Waals surface area contributed by atoms with E-state index in [9.17, 15) is 4.79 Å². The normalized spacial score (nSPS) is 19.1. The number of hydrogen-bond donors (Lipinski definition) is 2. The molecule has 0 radical (unpaired) electrons. The summed E-state index contributed by atoms with van der Waals surface area (Å²) in [4.78, 5) is 12.3. The number of ether oxygens (including phenoxy) is 2. The monoisotopic (exact) mass is 369 g/mol. The highest BCUT2D eigenvalue weighted by atomic mass is 16.7. The van der Waals surface area contributed by atoms with Gasteiger partial charge in [-0.25, -0.2) is 4.79 Å². The largest absolute Gasteiger partial charge is 0.448 e. The molecule has 2 aliphatic heterocycles. The van der Waals surface area contributed by atoms with Crippen LogP contribution in [0.2, 0.25) is 0 Å². The Hall–Kier alpha value is -2.77. The third-order valence-corrected chi connectivity index (χ3v) is 5.50. The Morgan fingerprint density at radius 2 is 1.96 bits per heavy atom. The standard InChI is InChI=1S/C19H23N5O3/c25-18(20-12-17-23-22-16-5-4-10-24(16)17)21-13-6-7-14-15(11-13)27-19(26-14)8-2-1-3-9-19/h6-7,11H,1-5,8-10,12H2,(H2,20,21,25).